The lowest BCUT2D eigenvalue weighted by Gasteiger charge is -2.33. The smallest absolute Gasteiger partial charge is 0.317 e. The molecule has 7 heteroatoms. The summed E-state index contributed by atoms with van der Waals surface area (Å²) in [5.74, 6) is -1.34. The van der Waals surface area contributed by atoms with E-state index in [1.807, 2.05) is 0 Å². The highest BCUT2D eigenvalue weighted by molar-refractivity contribution is 5.94. The maximum absolute atomic E-state index is 12.1. The predicted octanol–water partition coefficient (Wildman–Crippen LogP) is -0.370. The summed E-state index contributed by atoms with van der Waals surface area (Å²) in [6.45, 7) is 1.86. The van der Waals surface area contributed by atoms with E-state index in [0.717, 1.165) is 0 Å². The standard InChI is InChI=1S/C12H15N3O4/c16-9-2-1-3-13-11(9)12(19)15-6-4-14(5-7-15)8-10(17)18/h1-3,16H,4-8H2,(H,17,18). The lowest BCUT2D eigenvalue weighted by Crippen LogP contribution is -2.50. The Bertz CT molecular complexity index is 484. The number of piperazine rings is 1. The van der Waals surface area contributed by atoms with Crippen molar-refractivity contribution in [2.75, 3.05) is 32.7 Å². The number of carbonyl (C=O) groups is 2. The summed E-state index contributed by atoms with van der Waals surface area (Å²) in [5.41, 5.74) is 0.0363. The third-order valence-electron chi connectivity index (χ3n) is 3.01. The summed E-state index contributed by atoms with van der Waals surface area (Å²) in [6, 6.07) is 2.97. The molecular formula is C12H15N3O4. The van der Waals surface area contributed by atoms with Crippen LogP contribution in [0.2, 0.25) is 0 Å². The molecule has 0 saturated carbocycles. The number of nitrogens with zero attached hydrogens (tertiary/aromatic N) is 3. The first-order valence-electron chi connectivity index (χ1n) is 5.95. The summed E-state index contributed by atoms with van der Waals surface area (Å²) in [4.78, 5) is 29.9. The number of hydrogen-bond donors (Lipinski definition) is 2. The summed E-state index contributed by atoms with van der Waals surface area (Å²) in [7, 11) is 0. The van der Waals surface area contributed by atoms with Crippen molar-refractivity contribution in [2.45, 2.75) is 0 Å². The number of aliphatic carboxylic acids is 1. The Morgan fingerprint density at radius 2 is 1.95 bits per heavy atom. The Morgan fingerprint density at radius 1 is 1.26 bits per heavy atom. The summed E-state index contributed by atoms with van der Waals surface area (Å²) in [6.07, 6.45) is 1.45. The van der Waals surface area contributed by atoms with E-state index in [1.165, 1.54) is 12.3 Å². The van der Waals surface area contributed by atoms with Crippen LogP contribution in [0.1, 0.15) is 10.5 Å². The first-order chi connectivity index (χ1) is 9.08. The molecular weight excluding hydrogens is 250 g/mol. The third-order valence-corrected chi connectivity index (χ3v) is 3.01. The maximum atomic E-state index is 12.1. The van der Waals surface area contributed by atoms with Crippen LogP contribution in [0, 0.1) is 0 Å². The molecule has 19 heavy (non-hydrogen) atoms. The molecule has 0 bridgehead atoms. The number of aromatic hydroxyl groups is 1. The molecule has 1 amide bonds. The van der Waals surface area contributed by atoms with Crippen molar-refractivity contribution in [1.82, 2.24) is 14.8 Å². The molecule has 1 saturated heterocycles. The quantitative estimate of drug-likeness (QED) is 0.774. The van der Waals surface area contributed by atoms with Crippen LogP contribution in [0.15, 0.2) is 18.3 Å². The van der Waals surface area contributed by atoms with Gasteiger partial charge in [-0.05, 0) is 12.1 Å². The van der Waals surface area contributed by atoms with Gasteiger partial charge in [0.2, 0.25) is 0 Å². The van der Waals surface area contributed by atoms with Gasteiger partial charge in [0, 0.05) is 32.4 Å². The van der Waals surface area contributed by atoms with Crippen molar-refractivity contribution >= 4 is 11.9 Å². The summed E-state index contributed by atoms with van der Waals surface area (Å²) < 4.78 is 0. The molecule has 1 fully saturated rings. The second-order valence-corrected chi connectivity index (χ2v) is 4.33. The molecule has 0 spiro atoms. The second-order valence-electron chi connectivity index (χ2n) is 4.33. The Labute approximate surface area is 110 Å². The Kier molecular flexibility index (Phi) is 3.96. The highest BCUT2D eigenvalue weighted by Crippen LogP contribution is 2.16. The van der Waals surface area contributed by atoms with Gasteiger partial charge in [-0.25, -0.2) is 4.98 Å². The van der Waals surface area contributed by atoms with Crippen molar-refractivity contribution in [3.8, 4) is 5.75 Å². The molecule has 0 aromatic carbocycles. The van der Waals surface area contributed by atoms with Gasteiger partial charge in [0.1, 0.15) is 5.75 Å². The van der Waals surface area contributed by atoms with Crippen LogP contribution in [0.5, 0.6) is 5.75 Å². The van der Waals surface area contributed by atoms with E-state index in [0.29, 0.717) is 26.2 Å². The highest BCUT2D eigenvalue weighted by atomic mass is 16.4. The molecule has 1 aromatic heterocycles. The normalized spacial score (nSPS) is 16.3. The number of carbonyl (C=O) groups excluding carboxylic acids is 1. The molecule has 102 valence electrons. The number of amides is 1. The number of aromatic nitrogens is 1. The molecule has 1 aliphatic rings. The van der Waals surface area contributed by atoms with Gasteiger partial charge in [-0.3, -0.25) is 14.5 Å². The lowest BCUT2D eigenvalue weighted by molar-refractivity contribution is -0.138. The monoisotopic (exact) mass is 265 g/mol. The van der Waals surface area contributed by atoms with Gasteiger partial charge < -0.3 is 15.1 Å². The minimum absolute atomic E-state index is 0.0170. The van der Waals surface area contributed by atoms with Crippen molar-refractivity contribution < 1.29 is 19.8 Å². The zero-order valence-corrected chi connectivity index (χ0v) is 10.3. The average Bonchev–Trinajstić information content (AvgIpc) is 2.39. The summed E-state index contributed by atoms with van der Waals surface area (Å²) in [5, 5.41) is 18.3. The molecule has 2 rings (SSSR count). The largest absolute Gasteiger partial charge is 0.505 e. The molecule has 0 unspecified atom stereocenters. The number of carboxylic acids is 1. The molecule has 2 heterocycles. The van der Waals surface area contributed by atoms with Gasteiger partial charge in [0.05, 0.1) is 6.54 Å². The SMILES string of the molecule is O=C(O)CN1CCN(C(=O)c2ncccc2O)CC1. The van der Waals surface area contributed by atoms with E-state index < -0.39 is 5.97 Å². The van der Waals surface area contributed by atoms with E-state index in [2.05, 4.69) is 4.98 Å². The number of pyridine rings is 1. The van der Waals surface area contributed by atoms with Crippen LogP contribution in [0.3, 0.4) is 0 Å². The van der Waals surface area contributed by atoms with E-state index in [-0.39, 0.29) is 23.9 Å². The number of carboxylic acid groups (broad SMARTS) is 1. The van der Waals surface area contributed by atoms with Gasteiger partial charge in [-0.15, -0.1) is 0 Å². The maximum Gasteiger partial charge on any atom is 0.317 e. The third kappa shape index (κ3) is 3.19. The van der Waals surface area contributed by atoms with Crippen molar-refractivity contribution in [2.24, 2.45) is 0 Å². The summed E-state index contributed by atoms with van der Waals surface area (Å²) >= 11 is 0. The Morgan fingerprint density at radius 3 is 2.53 bits per heavy atom. The van der Waals surface area contributed by atoms with E-state index in [1.54, 1.807) is 15.9 Å². The fourth-order valence-electron chi connectivity index (χ4n) is 2.01. The Balaban J connectivity index is 1.96. The molecule has 0 radical (unpaired) electrons. The minimum Gasteiger partial charge on any atom is -0.505 e. The first-order valence-corrected chi connectivity index (χ1v) is 5.95. The van der Waals surface area contributed by atoms with Gasteiger partial charge in [-0.1, -0.05) is 0 Å². The number of rotatable bonds is 3. The van der Waals surface area contributed by atoms with E-state index >= 15 is 0 Å². The zero-order chi connectivity index (χ0) is 13.8. The van der Waals surface area contributed by atoms with Gasteiger partial charge in [-0.2, -0.15) is 0 Å². The molecule has 2 N–H and O–H groups in total. The number of hydrogen-bond acceptors (Lipinski definition) is 5. The van der Waals surface area contributed by atoms with Gasteiger partial charge >= 0.3 is 5.97 Å². The Hall–Kier alpha value is -2.15. The van der Waals surface area contributed by atoms with Crippen LogP contribution in [0.25, 0.3) is 0 Å². The van der Waals surface area contributed by atoms with E-state index in [4.69, 9.17) is 5.11 Å². The van der Waals surface area contributed by atoms with Crippen LogP contribution in [-0.2, 0) is 4.79 Å². The topological polar surface area (TPSA) is 94.0 Å². The fourth-order valence-corrected chi connectivity index (χ4v) is 2.01. The van der Waals surface area contributed by atoms with Crippen LogP contribution >= 0.6 is 0 Å². The van der Waals surface area contributed by atoms with Crippen molar-refractivity contribution in [1.29, 1.82) is 0 Å². The van der Waals surface area contributed by atoms with Gasteiger partial charge in [0.25, 0.3) is 5.91 Å². The van der Waals surface area contributed by atoms with Crippen LogP contribution in [-0.4, -0.2) is 69.6 Å². The predicted molar refractivity (Wildman–Crippen MR) is 65.9 cm³/mol. The van der Waals surface area contributed by atoms with Crippen LogP contribution < -0.4 is 0 Å². The zero-order valence-electron chi connectivity index (χ0n) is 10.3. The first kappa shape index (κ1) is 13.3. The fraction of sp³-hybridized carbons (Fsp3) is 0.417. The molecule has 0 atom stereocenters. The van der Waals surface area contributed by atoms with Crippen LogP contribution in [0.4, 0.5) is 0 Å². The molecule has 0 aliphatic carbocycles. The lowest BCUT2D eigenvalue weighted by atomic mass is 10.2. The second kappa shape index (κ2) is 5.66. The minimum atomic E-state index is -0.873. The molecule has 7 nitrogen and oxygen atoms in total. The van der Waals surface area contributed by atoms with E-state index in [9.17, 15) is 14.7 Å². The van der Waals surface area contributed by atoms with Gasteiger partial charge in [0.15, 0.2) is 5.69 Å². The molecule has 1 aromatic rings. The van der Waals surface area contributed by atoms with Crippen molar-refractivity contribution in [3.05, 3.63) is 24.0 Å². The average molecular weight is 265 g/mol. The van der Waals surface area contributed by atoms with Crippen molar-refractivity contribution in [3.63, 3.8) is 0 Å². The molecule has 1 aliphatic heterocycles. The highest BCUT2D eigenvalue weighted by Gasteiger charge is 2.25.